The van der Waals surface area contributed by atoms with E-state index in [2.05, 4.69) is 13.8 Å². The van der Waals surface area contributed by atoms with E-state index in [9.17, 15) is 4.79 Å². The van der Waals surface area contributed by atoms with Crippen LogP contribution in [0, 0.1) is 0 Å². The van der Waals surface area contributed by atoms with Gasteiger partial charge in [0.25, 0.3) is 5.91 Å². The van der Waals surface area contributed by atoms with Crippen molar-refractivity contribution >= 4 is 44.4 Å². The molecule has 164 valence electrons. The maximum atomic E-state index is 13.5. The fraction of sp³-hybridized carbons (Fsp3) is 0.417. The van der Waals surface area contributed by atoms with Crippen molar-refractivity contribution < 1.29 is 14.3 Å². The van der Waals surface area contributed by atoms with Gasteiger partial charge in [-0.05, 0) is 62.2 Å². The third-order valence-corrected chi connectivity index (χ3v) is 7.08. The Morgan fingerprint density at radius 1 is 1.29 bits per heavy atom. The number of thioether (sulfide) groups is 1. The lowest BCUT2D eigenvalue weighted by molar-refractivity contribution is 0.0917. The summed E-state index contributed by atoms with van der Waals surface area (Å²) in [6, 6.07) is 13.7. The SMILES string of the molecule is CCOc1ccc2nc(N(CC3CCCO3)C(=O)c3ccc(SC(C)C)cc3)sc2c1. The van der Waals surface area contributed by atoms with E-state index in [0.29, 0.717) is 29.1 Å². The van der Waals surface area contributed by atoms with Gasteiger partial charge in [-0.2, -0.15) is 0 Å². The van der Waals surface area contributed by atoms with Crippen LogP contribution in [0.25, 0.3) is 10.2 Å². The minimum absolute atomic E-state index is 0.0410. The molecule has 31 heavy (non-hydrogen) atoms. The first-order valence-corrected chi connectivity index (χ1v) is 12.5. The Labute approximate surface area is 191 Å². The highest BCUT2D eigenvalue weighted by atomic mass is 32.2. The summed E-state index contributed by atoms with van der Waals surface area (Å²) in [5.74, 6) is 0.779. The van der Waals surface area contributed by atoms with E-state index in [0.717, 1.165) is 35.4 Å². The van der Waals surface area contributed by atoms with Gasteiger partial charge in [-0.25, -0.2) is 4.98 Å². The number of amides is 1. The molecular formula is C24H28N2O3S2. The molecule has 3 aromatic rings. The fourth-order valence-electron chi connectivity index (χ4n) is 3.61. The van der Waals surface area contributed by atoms with E-state index < -0.39 is 0 Å². The fourth-order valence-corrected chi connectivity index (χ4v) is 5.45. The topological polar surface area (TPSA) is 51.7 Å². The summed E-state index contributed by atoms with van der Waals surface area (Å²) in [6.07, 6.45) is 2.05. The molecule has 0 aliphatic carbocycles. The first-order valence-electron chi connectivity index (χ1n) is 10.8. The van der Waals surface area contributed by atoms with Gasteiger partial charge in [0.15, 0.2) is 5.13 Å². The molecule has 1 atom stereocenters. The van der Waals surface area contributed by atoms with E-state index in [1.165, 1.54) is 16.2 Å². The minimum atomic E-state index is -0.0410. The Morgan fingerprint density at radius 3 is 2.77 bits per heavy atom. The van der Waals surface area contributed by atoms with Crippen LogP contribution in [0.3, 0.4) is 0 Å². The van der Waals surface area contributed by atoms with Crippen LogP contribution < -0.4 is 9.64 Å². The number of ether oxygens (including phenoxy) is 2. The van der Waals surface area contributed by atoms with Gasteiger partial charge in [0, 0.05) is 22.3 Å². The van der Waals surface area contributed by atoms with Crippen molar-refractivity contribution in [3.8, 4) is 5.75 Å². The number of hydrogen-bond donors (Lipinski definition) is 0. The number of rotatable bonds is 8. The molecule has 1 aliphatic heterocycles. The minimum Gasteiger partial charge on any atom is -0.494 e. The number of aromatic nitrogens is 1. The van der Waals surface area contributed by atoms with Crippen LogP contribution >= 0.6 is 23.1 Å². The molecule has 1 unspecified atom stereocenters. The molecule has 2 aromatic carbocycles. The van der Waals surface area contributed by atoms with Crippen molar-refractivity contribution in [2.24, 2.45) is 0 Å². The van der Waals surface area contributed by atoms with Crippen molar-refractivity contribution in [2.75, 3.05) is 24.7 Å². The number of anilines is 1. The Balaban J connectivity index is 1.63. The number of hydrogen-bond acceptors (Lipinski definition) is 6. The van der Waals surface area contributed by atoms with Crippen LogP contribution in [0.15, 0.2) is 47.4 Å². The Bertz CT molecular complexity index is 1030. The van der Waals surface area contributed by atoms with Crippen LogP contribution in [0.4, 0.5) is 5.13 Å². The molecule has 0 saturated carbocycles. The highest BCUT2D eigenvalue weighted by Crippen LogP contribution is 2.33. The zero-order valence-electron chi connectivity index (χ0n) is 18.2. The third-order valence-electron chi connectivity index (χ3n) is 5.02. The molecule has 0 N–H and O–H groups in total. The second kappa shape index (κ2) is 10.0. The standard InChI is InChI=1S/C24H28N2O3S2/c1-4-28-18-9-12-21-22(14-18)31-24(25-21)26(15-19-6-5-13-29-19)23(27)17-7-10-20(11-8-17)30-16(2)3/h7-12,14,16,19H,4-6,13,15H2,1-3H3. The average molecular weight is 457 g/mol. The zero-order valence-corrected chi connectivity index (χ0v) is 19.8. The number of fused-ring (bicyclic) bond motifs is 1. The molecule has 4 rings (SSSR count). The molecular weight excluding hydrogens is 428 g/mol. The van der Waals surface area contributed by atoms with Crippen LogP contribution in [-0.4, -0.2) is 42.0 Å². The smallest absolute Gasteiger partial charge is 0.260 e. The van der Waals surface area contributed by atoms with Crippen LogP contribution in [-0.2, 0) is 4.74 Å². The maximum absolute atomic E-state index is 13.5. The van der Waals surface area contributed by atoms with Crippen molar-refractivity contribution in [3.63, 3.8) is 0 Å². The number of benzene rings is 2. The molecule has 5 nitrogen and oxygen atoms in total. The molecule has 1 aromatic heterocycles. The first kappa shape index (κ1) is 22.1. The van der Waals surface area contributed by atoms with Gasteiger partial charge < -0.3 is 9.47 Å². The molecule has 1 amide bonds. The van der Waals surface area contributed by atoms with Crippen molar-refractivity contribution in [3.05, 3.63) is 48.0 Å². The molecule has 1 aliphatic rings. The third kappa shape index (κ3) is 5.40. The van der Waals surface area contributed by atoms with Gasteiger partial charge in [-0.3, -0.25) is 9.69 Å². The van der Waals surface area contributed by atoms with E-state index in [1.54, 1.807) is 16.7 Å². The molecule has 1 fully saturated rings. The van der Waals surface area contributed by atoms with Gasteiger partial charge in [-0.1, -0.05) is 25.2 Å². The normalized spacial score (nSPS) is 16.2. The van der Waals surface area contributed by atoms with Crippen molar-refractivity contribution in [1.82, 2.24) is 4.98 Å². The summed E-state index contributed by atoms with van der Waals surface area (Å²) < 4.78 is 12.5. The van der Waals surface area contributed by atoms with Gasteiger partial charge in [0.2, 0.25) is 0 Å². The lowest BCUT2D eigenvalue weighted by atomic mass is 10.2. The monoisotopic (exact) mass is 456 g/mol. The summed E-state index contributed by atoms with van der Waals surface area (Å²) in [7, 11) is 0. The maximum Gasteiger partial charge on any atom is 0.260 e. The van der Waals surface area contributed by atoms with Crippen LogP contribution in [0.2, 0.25) is 0 Å². The van der Waals surface area contributed by atoms with Crippen molar-refractivity contribution in [2.45, 2.75) is 49.9 Å². The lowest BCUT2D eigenvalue weighted by Crippen LogP contribution is -2.37. The number of nitrogens with zero attached hydrogens (tertiary/aromatic N) is 2. The molecule has 2 heterocycles. The summed E-state index contributed by atoms with van der Waals surface area (Å²) in [6.45, 7) is 8.18. The van der Waals surface area contributed by atoms with E-state index in [-0.39, 0.29) is 12.0 Å². The lowest BCUT2D eigenvalue weighted by Gasteiger charge is -2.23. The Hall–Kier alpha value is -2.09. The number of carbonyl (C=O) groups excluding carboxylic acids is 1. The summed E-state index contributed by atoms with van der Waals surface area (Å²) >= 11 is 3.31. The predicted octanol–water partition coefficient (Wildman–Crippen LogP) is 6.02. The molecule has 1 saturated heterocycles. The Kier molecular flexibility index (Phi) is 7.15. The van der Waals surface area contributed by atoms with Gasteiger partial charge in [0.1, 0.15) is 5.75 Å². The number of carbonyl (C=O) groups is 1. The Morgan fingerprint density at radius 2 is 2.10 bits per heavy atom. The summed E-state index contributed by atoms with van der Waals surface area (Å²) in [4.78, 5) is 21.2. The molecule has 0 spiro atoms. The summed E-state index contributed by atoms with van der Waals surface area (Å²) in [5, 5.41) is 1.20. The second-order valence-corrected chi connectivity index (χ2v) is 10.5. The first-order chi connectivity index (χ1) is 15.0. The quantitative estimate of drug-likeness (QED) is 0.388. The molecule has 0 bridgehead atoms. The van der Waals surface area contributed by atoms with E-state index in [1.807, 2.05) is 49.4 Å². The number of thiazole rings is 1. The van der Waals surface area contributed by atoms with Crippen molar-refractivity contribution in [1.29, 1.82) is 0 Å². The highest BCUT2D eigenvalue weighted by Gasteiger charge is 2.27. The molecule has 7 heteroatoms. The van der Waals surface area contributed by atoms with Crippen LogP contribution in [0.5, 0.6) is 5.75 Å². The van der Waals surface area contributed by atoms with Gasteiger partial charge in [-0.15, -0.1) is 11.8 Å². The van der Waals surface area contributed by atoms with E-state index in [4.69, 9.17) is 14.5 Å². The summed E-state index contributed by atoms with van der Waals surface area (Å²) in [5.41, 5.74) is 1.54. The van der Waals surface area contributed by atoms with Crippen LogP contribution in [0.1, 0.15) is 44.0 Å². The van der Waals surface area contributed by atoms with Gasteiger partial charge >= 0.3 is 0 Å². The molecule has 0 radical (unpaired) electrons. The van der Waals surface area contributed by atoms with E-state index >= 15 is 0 Å². The van der Waals surface area contributed by atoms with Gasteiger partial charge in [0.05, 0.1) is 29.5 Å². The largest absolute Gasteiger partial charge is 0.494 e. The second-order valence-electron chi connectivity index (χ2n) is 7.80. The average Bonchev–Trinajstić information content (AvgIpc) is 3.41. The predicted molar refractivity (Wildman–Crippen MR) is 129 cm³/mol. The zero-order chi connectivity index (χ0) is 21.8. The highest BCUT2D eigenvalue weighted by molar-refractivity contribution is 7.99.